The Hall–Kier alpha value is -1.18. The van der Waals surface area contributed by atoms with Gasteiger partial charge >= 0.3 is 0 Å². The highest BCUT2D eigenvalue weighted by atomic mass is 35.5. The lowest BCUT2D eigenvalue weighted by atomic mass is 9.73. The standard InChI is InChI=1S/C24H32FN5.3ClH/c1-15(2)27-12-17-5-4-6-19-21(17)24(7-9-26-10-8-24)13-30(19)23-20-16(3)11-18(25)22(20)28-14-29-23;;;/h4-6,14-16,18,26-27H,7-13H2,1-3H3;3*1H/t16-,18+;;;/m1.../s1. The number of piperidine rings is 1. The summed E-state index contributed by atoms with van der Waals surface area (Å²) in [6.07, 6.45) is 3.31. The molecule has 0 radical (unpaired) electrons. The average Bonchev–Trinajstić information content (AvgIpc) is 3.22. The van der Waals surface area contributed by atoms with Crippen LogP contribution >= 0.6 is 37.2 Å². The van der Waals surface area contributed by atoms with Crippen molar-refractivity contribution in [3.63, 3.8) is 0 Å². The van der Waals surface area contributed by atoms with Crippen LogP contribution in [0.25, 0.3) is 0 Å². The van der Waals surface area contributed by atoms with Crippen molar-refractivity contribution < 1.29 is 4.39 Å². The van der Waals surface area contributed by atoms with Gasteiger partial charge < -0.3 is 15.5 Å². The van der Waals surface area contributed by atoms with Crippen LogP contribution in [-0.2, 0) is 12.0 Å². The predicted molar refractivity (Wildman–Crippen MR) is 140 cm³/mol. The minimum Gasteiger partial charge on any atom is -0.325 e. The molecule has 33 heavy (non-hydrogen) atoms. The van der Waals surface area contributed by atoms with Gasteiger partial charge in [-0.25, -0.2) is 14.4 Å². The molecule has 1 fully saturated rings. The largest absolute Gasteiger partial charge is 0.325 e. The molecule has 0 bridgehead atoms. The van der Waals surface area contributed by atoms with E-state index in [2.05, 4.69) is 59.5 Å². The number of aromatic nitrogens is 2. The minimum atomic E-state index is -0.978. The van der Waals surface area contributed by atoms with Crippen LogP contribution in [0.5, 0.6) is 0 Å². The van der Waals surface area contributed by atoms with Gasteiger partial charge in [-0.15, -0.1) is 37.2 Å². The van der Waals surface area contributed by atoms with E-state index in [1.54, 1.807) is 6.33 Å². The second-order valence-corrected chi connectivity index (χ2v) is 9.56. The van der Waals surface area contributed by atoms with E-state index in [1.807, 2.05) is 0 Å². The molecule has 2 aromatic rings. The van der Waals surface area contributed by atoms with Crippen LogP contribution in [0.1, 0.15) is 74.5 Å². The molecule has 184 valence electrons. The average molecular weight is 519 g/mol. The number of nitrogens with zero attached hydrogens (tertiary/aromatic N) is 3. The van der Waals surface area contributed by atoms with Crippen LogP contribution in [0, 0.1) is 0 Å². The lowest BCUT2D eigenvalue weighted by molar-refractivity contribution is 0.326. The van der Waals surface area contributed by atoms with Gasteiger partial charge in [-0.05, 0) is 55.5 Å². The van der Waals surface area contributed by atoms with Gasteiger partial charge in [-0.1, -0.05) is 32.9 Å². The molecule has 1 aliphatic carbocycles. The van der Waals surface area contributed by atoms with Crippen molar-refractivity contribution in [2.45, 2.75) is 70.1 Å². The second-order valence-electron chi connectivity index (χ2n) is 9.56. The lowest BCUT2D eigenvalue weighted by Crippen LogP contribution is -2.43. The molecule has 1 saturated heterocycles. The molecule has 2 N–H and O–H groups in total. The van der Waals surface area contributed by atoms with Crippen LogP contribution < -0.4 is 15.5 Å². The van der Waals surface area contributed by atoms with E-state index >= 15 is 0 Å². The molecule has 2 aliphatic heterocycles. The number of nitrogens with one attached hydrogen (secondary N) is 2. The smallest absolute Gasteiger partial charge is 0.143 e. The Morgan fingerprint density at radius 3 is 2.61 bits per heavy atom. The zero-order valence-electron chi connectivity index (χ0n) is 19.4. The maximum absolute atomic E-state index is 14.6. The summed E-state index contributed by atoms with van der Waals surface area (Å²) in [4.78, 5) is 11.4. The van der Waals surface area contributed by atoms with Crippen molar-refractivity contribution in [3.8, 4) is 0 Å². The summed E-state index contributed by atoms with van der Waals surface area (Å²) in [5.74, 6) is 1.06. The topological polar surface area (TPSA) is 53.1 Å². The molecule has 0 unspecified atom stereocenters. The highest BCUT2D eigenvalue weighted by molar-refractivity contribution is 5.86. The molecule has 5 rings (SSSR count). The third kappa shape index (κ3) is 4.83. The first-order valence-electron chi connectivity index (χ1n) is 11.3. The highest BCUT2D eigenvalue weighted by Crippen LogP contribution is 2.53. The van der Waals surface area contributed by atoms with Gasteiger partial charge in [0.25, 0.3) is 0 Å². The predicted octanol–water partition coefficient (Wildman–Crippen LogP) is 5.53. The fourth-order valence-corrected chi connectivity index (χ4v) is 5.73. The normalized spacial score (nSPS) is 22.3. The summed E-state index contributed by atoms with van der Waals surface area (Å²) in [6.45, 7) is 10.3. The Morgan fingerprint density at radius 2 is 1.91 bits per heavy atom. The molecular weight excluding hydrogens is 484 g/mol. The Labute approximate surface area is 215 Å². The maximum atomic E-state index is 14.6. The van der Waals surface area contributed by atoms with Crippen LogP contribution in [-0.4, -0.2) is 35.6 Å². The van der Waals surface area contributed by atoms with Gasteiger partial charge in [-0.3, -0.25) is 0 Å². The molecule has 5 nitrogen and oxygen atoms in total. The first-order chi connectivity index (χ1) is 14.5. The third-order valence-corrected chi connectivity index (χ3v) is 7.17. The monoisotopic (exact) mass is 517 g/mol. The Balaban J connectivity index is 0.00000128. The van der Waals surface area contributed by atoms with Crippen LogP contribution in [0.2, 0.25) is 0 Å². The molecule has 0 amide bonds. The van der Waals surface area contributed by atoms with Gasteiger partial charge in [0, 0.05) is 35.8 Å². The first kappa shape index (κ1) is 28.1. The van der Waals surface area contributed by atoms with Crippen molar-refractivity contribution in [1.82, 2.24) is 20.6 Å². The molecule has 2 atom stereocenters. The molecule has 0 saturated carbocycles. The summed E-state index contributed by atoms with van der Waals surface area (Å²) in [5, 5.41) is 7.15. The van der Waals surface area contributed by atoms with Crippen molar-refractivity contribution in [1.29, 1.82) is 0 Å². The molecule has 1 spiro atoms. The second kappa shape index (κ2) is 11.0. The maximum Gasteiger partial charge on any atom is 0.143 e. The highest BCUT2D eigenvalue weighted by Gasteiger charge is 2.47. The van der Waals surface area contributed by atoms with E-state index in [-0.39, 0.29) is 48.6 Å². The fraction of sp³-hybridized carbons (Fsp3) is 0.583. The fourth-order valence-electron chi connectivity index (χ4n) is 5.73. The Bertz CT molecular complexity index is 952. The SMILES string of the molecule is CC(C)NCc1cccc2c1C1(CCNCC1)CN2c1ncnc2c1[C@H](C)C[C@@H]2F.Cl.Cl.Cl. The Morgan fingerprint density at radius 1 is 1.18 bits per heavy atom. The number of anilines is 2. The first-order valence-corrected chi connectivity index (χ1v) is 11.3. The van der Waals surface area contributed by atoms with Gasteiger partial charge in [0.1, 0.15) is 18.3 Å². The molecule has 9 heteroatoms. The number of halogens is 4. The zero-order chi connectivity index (χ0) is 20.9. The number of fused-ring (bicyclic) bond motifs is 3. The summed E-state index contributed by atoms with van der Waals surface area (Å²) < 4.78 is 14.6. The van der Waals surface area contributed by atoms with Gasteiger partial charge in [0.05, 0.1) is 5.69 Å². The van der Waals surface area contributed by atoms with Crippen LogP contribution in [0.3, 0.4) is 0 Å². The molecule has 1 aromatic carbocycles. The van der Waals surface area contributed by atoms with E-state index in [0.29, 0.717) is 18.2 Å². The van der Waals surface area contributed by atoms with Crippen molar-refractivity contribution in [2.24, 2.45) is 0 Å². The third-order valence-electron chi connectivity index (χ3n) is 7.17. The lowest BCUT2D eigenvalue weighted by Gasteiger charge is -2.36. The summed E-state index contributed by atoms with van der Waals surface area (Å²) >= 11 is 0. The van der Waals surface area contributed by atoms with E-state index in [9.17, 15) is 4.39 Å². The summed E-state index contributed by atoms with van der Waals surface area (Å²) in [5.41, 5.74) is 5.81. The summed E-state index contributed by atoms with van der Waals surface area (Å²) in [6, 6.07) is 7.10. The van der Waals surface area contributed by atoms with E-state index in [1.165, 1.54) is 16.8 Å². The van der Waals surface area contributed by atoms with Gasteiger partial charge in [0.15, 0.2) is 0 Å². The van der Waals surface area contributed by atoms with Gasteiger partial charge in [0.2, 0.25) is 0 Å². The molecular formula is C24H35Cl3FN5. The van der Waals surface area contributed by atoms with Crippen molar-refractivity contribution in [2.75, 3.05) is 24.5 Å². The minimum absolute atomic E-state index is 0. The van der Waals surface area contributed by atoms with Crippen LogP contribution in [0.4, 0.5) is 15.9 Å². The summed E-state index contributed by atoms with van der Waals surface area (Å²) in [7, 11) is 0. The van der Waals surface area contributed by atoms with Crippen molar-refractivity contribution >= 4 is 48.7 Å². The number of hydrogen-bond donors (Lipinski definition) is 2. The van der Waals surface area contributed by atoms with Crippen LogP contribution in [0.15, 0.2) is 24.5 Å². The molecule has 1 aromatic heterocycles. The number of hydrogen-bond acceptors (Lipinski definition) is 5. The number of rotatable bonds is 4. The van der Waals surface area contributed by atoms with Crippen molar-refractivity contribution in [3.05, 3.63) is 46.9 Å². The quantitative estimate of drug-likeness (QED) is 0.557. The number of benzene rings is 1. The molecule has 3 heterocycles. The van der Waals surface area contributed by atoms with E-state index < -0.39 is 6.17 Å². The van der Waals surface area contributed by atoms with E-state index in [4.69, 9.17) is 4.98 Å². The van der Waals surface area contributed by atoms with Gasteiger partial charge in [-0.2, -0.15) is 0 Å². The van der Waals surface area contributed by atoms with E-state index in [0.717, 1.165) is 50.4 Å². The number of alkyl halides is 1. The zero-order valence-corrected chi connectivity index (χ0v) is 21.9. The Kier molecular flexibility index (Phi) is 9.39. The molecule has 3 aliphatic rings.